The first kappa shape index (κ1) is 22.5. The Balaban J connectivity index is 2.58. The van der Waals surface area contributed by atoms with Crippen molar-refractivity contribution in [3.8, 4) is 5.75 Å². The summed E-state index contributed by atoms with van der Waals surface area (Å²) in [6, 6.07) is 13.2. The van der Waals surface area contributed by atoms with Gasteiger partial charge in [0.05, 0.1) is 18.5 Å². The SMILES string of the molecule is COc1ccc(/C(=N\Nc2ccccc2)[C@@H](C)C(O)(C(F)(F)F)C(F)(F)F)cc1. The molecule has 0 spiro atoms. The molecule has 158 valence electrons. The van der Waals surface area contributed by atoms with Crippen LogP contribution in [0, 0.1) is 5.92 Å². The number of hydrogen-bond donors (Lipinski definition) is 2. The van der Waals surface area contributed by atoms with Crippen LogP contribution < -0.4 is 10.2 Å². The van der Waals surface area contributed by atoms with Gasteiger partial charge in [-0.2, -0.15) is 31.4 Å². The third kappa shape index (κ3) is 4.64. The van der Waals surface area contributed by atoms with Crippen LogP contribution in [0.25, 0.3) is 0 Å². The molecule has 1 atom stereocenters. The average Bonchev–Trinajstić information content (AvgIpc) is 2.66. The van der Waals surface area contributed by atoms with E-state index in [0.29, 0.717) is 18.4 Å². The zero-order valence-corrected chi connectivity index (χ0v) is 15.3. The van der Waals surface area contributed by atoms with Crippen molar-refractivity contribution < 1.29 is 36.2 Å². The van der Waals surface area contributed by atoms with Crippen LogP contribution in [0.4, 0.5) is 32.0 Å². The Bertz CT molecular complexity index is 819. The first-order chi connectivity index (χ1) is 13.4. The zero-order chi connectivity index (χ0) is 21.9. The Kier molecular flexibility index (Phi) is 6.46. The lowest BCUT2D eigenvalue weighted by Crippen LogP contribution is -2.62. The number of halogens is 6. The molecule has 0 saturated carbocycles. The van der Waals surface area contributed by atoms with Crippen molar-refractivity contribution in [3.05, 3.63) is 60.2 Å². The van der Waals surface area contributed by atoms with E-state index in [9.17, 15) is 31.4 Å². The predicted molar refractivity (Wildman–Crippen MR) is 95.8 cm³/mol. The van der Waals surface area contributed by atoms with Gasteiger partial charge in [-0.05, 0) is 42.0 Å². The average molecular weight is 420 g/mol. The molecule has 0 bridgehead atoms. The van der Waals surface area contributed by atoms with Gasteiger partial charge in [0.2, 0.25) is 0 Å². The first-order valence-corrected chi connectivity index (χ1v) is 8.30. The van der Waals surface area contributed by atoms with Crippen LogP contribution >= 0.6 is 0 Å². The number of rotatable bonds is 6. The van der Waals surface area contributed by atoms with E-state index in [1.165, 1.54) is 43.5 Å². The zero-order valence-electron chi connectivity index (χ0n) is 15.3. The third-order valence-corrected chi connectivity index (χ3v) is 4.37. The van der Waals surface area contributed by atoms with Crippen LogP contribution in [0.15, 0.2) is 59.7 Å². The van der Waals surface area contributed by atoms with Gasteiger partial charge < -0.3 is 9.84 Å². The van der Waals surface area contributed by atoms with Gasteiger partial charge in [0, 0.05) is 5.92 Å². The maximum Gasteiger partial charge on any atom is 0.426 e. The standard InChI is InChI=1S/C19H18F6N2O2/c1-12(17(28,18(20,21)22)19(23,24)25)16(13-8-10-15(29-2)11-9-13)27-26-14-6-4-3-5-7-14/h3-12,26,28H,1-2H3/b27-16-/t12-/m1/s1. The Morgan fingerprint density at radius 2 is 1.45 bits per heavy atom. The van der Waals surface area contributed by atoms with Crippen LogP contribution in [0.2, 0.25) is 0 Å². The molecule has 0 aromatic heterocycles. The number of aliphatic hydroxyl groups is 1. The van der Waals surface area contributed by atoms with Gasteiger partial charge in [-0.3, -0.25) is 5.43 Å². The summed E-state index contributed by atoms with van der Waals surface area (Å²) in [5, 5.41) is 13.6. The highest BCUT2D eigenvalue weighted by Crippen LogP contribution is 2.48. The molecule has 0 radical (unpaired) electrons. The molecule has 2 aromatic rings. The summed E-state index contributed by atoms with van der Waals surface area (Å²) in [4.78, 5) is 0. The van der Waals surface area contributed by atoms with Crippen LogP contribution in [0.5, 0.6) is 5.75 Å². The minimum atomic E-state index is -5.98. The number of alkyl halides is 6. The van der Waals surface area contributed by atoms with E-state index in [-0.39, 0.29) is 5.56 Å². The van der Waals surface area contributed by atoms with Gasteiger partial charge in [-0.25, -0.2) is 0 Å². The highest BCUT2D eigenvalue weighted by atomic mass is 19.4. The second-order valence-electron chi connectivity index (χ2n) is 6.19. The second kappa shape index (κ2) is 8.32. The summed E-state index contributed by atoms with van der Waals surface area (Å²) in [5.41, 5.74) is -2.90. The van der Waals surface area contributed by atoms with Gasteiger partial charge in [-0.15, -0.1) is 0 Å². The summed E-state index contributed by atoms with van der Waals surface area (Å²) in [7, 11) is 1.36. The van der Waals surface area contributed by atoms with E-state index in [1.807, 2.05) is 0 Å². The minimum Gasteiger partial charge on any atom is -0.497 e. The van der Waals surface area contributed by atoms with Crippen LogP contribution in [0.1, 0.15) is 12.5 Å². The number of hydrazone groups is 1. The number of anilines is 1. The molecule has 0 saturated heterocycles. The maximum atomic E-state index is 13.3. The Morgan fingerprint density at radius 1 is 0.931 bits per heavy atom. The van der Waals surface area contributed by atoms with Crippen molar-refractivity contribution in [1.29, 1.82) is 0 Å². The van der Waals surface area contributed by atoms with Crippen molar-refractivity contribution in [3.63, 3.8) is 0 Å². The highest BCUT2D eigenvalue weighted by molar-refractivity contribution is 6.03. The third-order valence-electron chi connectivity index (χ3n) is 4.37. The number of methoxy groups -OCH3 is 1. The second-order valence-corrected chi connectivity index (χ2v) is 6.19. The number of para-hydroxylation sites is 1. The fraction of sp³-hybridized carbons (Fsp3) is 0.316. The summed E-state index contributed by atoms with van der Waals surface area (Å²) < 4.78 is 85.0. The van der Waals surface area contributed by atoms with E-state index in [4.69, 9.17) is 4.74 Å². The molecule has 0 aliphatic heterocycles. The quantitative estimate of drug-likeness (QED) is 0.393. The Labute approximate surface area is 162 Å². The molecule has 0 fully saturated rings. The summed E-state index contributed by atoms with van der Waals surface area (Å²) in [6.45, 7) is 0.622. The minimum absolute atomic E-state index is 0.0475. The van der Waals surface area contributed by atoms with Crippen molar-refractivity contribution in [2.75, 3.05) is 12.5 Å². The molecular formula is C19H18F6N2O2. The van der Waals surface area contributed by atoms with E-state index in [2.05, 4.69) is 10.5 Å². The van der Waals surface area contributed by atoms with Gasteiger partial charge in [0.25, 0.3) is 5.60 Å². The van der Waals surface area contributed by atoms with Gasteiger partial charge in [-0.1, -0.05) is 25.1 Å². The topological polar surface area (TPSA) is 53.8 Å². The largest absolute Gasteiger partial charge is 0.497 e. The molecule has 2 aromatic carbocycles. The molecule has 2 rings (SSSR count). The first-order valence-electron chi connectivity index (χ1n) is 8.30. The smallest absolute Gasteiger partial charge is 0.426 e. The molecule has 0 aliphatic rings. The Morgan fingerprint density at radius 3 is 1.90 bits per heavy atom. The van der Waals surface area contributed by atoms with E-state index in [1.54, 1.807) is 18.2 Å². The van der Waals surface area contributed by atoms with Crippen molar-refractivity contribution in [1.82, 2.24) is 0 Å². The lowest BCUT2D eigenvalue weighted by Gasteiger charge is -2.37. The number of nitrogens with zero attached hydrogens (tertiary/aromatic N) is 1. The van der Waals surface area contributed by atoms with Crippen LogP contribution in [-0.4, -0.2) is 35.9 Å². The molecular weight excluding hydrogens is 402 g/mol. The lowest BCUT2D eigenvalue weighted by atomic mass is 9.81. The van der Waals surface area contributed by atoms with Gasteiger partial charge in [0.15, 0.2) is 0 Å². The molecule has 2 N–H and O–H groups in total. The maximum absolute atomic E-state index is 13.3. The van der Waals surface area contributed by atoms with E-state index < -0.39 is 29.6 Å². The van der Waals surface area contributed by atoms with Crippen molar-refractivity contribution >= 4 is 11.4 Å². The highest BCUT2D eigenvalue weighted by Gasteiger charge is 2.73. The molecule has 0 heterocycles. The summed E-state index contributed by atoms with van der Waals surface area (Å²) in [6.07, 6.45) is -12.0. The fourth-order valence-electron chi connectivity index (χ4n) is 2.66. The van der Waals surface area contributed by atoms with Gasteiger partial charge in [0.1, 0.15) is 5.75 Å². The molecule has 0 aliphatic carbocycles. The lowest BCUT2D eigenvalue weighted by molar-refractivity contribution is -0.376. The van der Waals surface area contributed by atoms with Crippen molar-refractivity contribution in [2.45, 2.75) is 24.9 Å². The fourth-order valence-corrected chi connectivity index (χ4v) is 2.66. The van der Waals surface area contributed by atoms with Crippen LogP contribution in [0.3, 0.4) is 0 Å². The number of nitrogens with one attached hydrogen (secondary N) is 1. The number of hydrogen-bond acceptors (Lipinski definition) is 4. The monoisotopic (exact) mass is 420 g/mol. The summed E-state index contributed by atoms with van der Waals surface area (Å²) >= 11 is 0. The number of ether oxygens (including phenoxy) is 1. The van der Waals surface area contributed by atoms with Gasteiger partial charge >= 0.3 is 12.4 Å². The van der Waals surface area contributed by atoms with Crippen molar-refractivity contribution in [2.24, 2.45) is 11.0 Å². The van der Waals surface area contributed by atoms with E-state index in [0.717, 1.165) is 0 Å². The molecule has 0 amide bonds. The normalized spacial score (nSPS) is 14.4. The Hall–Kier alpha value is -2.75. The molecule has 10 heteroatoms. The number of benzene rings is 2. The van der Waals surface area contributed by atoms with E-state index >= 15 is 0 Å². The summed E-state index contributed by atoms with van der Waals surface area (Å²) in [5.74, 6) is -2.13. The molecule has 29 heavy (non-hydrogen) atoms. The van der Waals surface area contributed by atoms with Crippen LogP contribution in [-0.2, 0) is 0 Å². The molecule has 0 unspecified atom stereocenters. The predicted octanol–water partition coefficient (Wildman–Crippen LogP) is 5.00. The molecule has 4 nitrogen and oxygen atoms in total.